The number of hydrogen-bond acceptors (Lipinski definition) is 4. The molecule has 0 amide bonds. The third-order valence-electron chi connectivity index (χ3n) is 4.05. The molecule has 0 aliphatic heterocycles. The fourth-order valence-electron chi connectivity index (χ4n) is 2.70. The monoisotopic (exact) mass is 335 g/mol. The fourth-order valence-corrected chi connectivity index (χ4v) is 2.70. The Morgan fingerprint density at radius 3 is 2.12 bits per heavy atom. The number of hydrogen-bond donors (Lipinski definition) is 1. The van der Waals surface area contributed by atoms with E-state index in [1.807, 2.05) is 54.6 Å². The smallest absolute Gasteiger partial charge is 0.311 e. The first-order valence-corrected chi connectivity index (χ1v) is 7.76. The Kier molecular flexibility index (Phi) is 4.77. The minimum Gasteiger partial charge on any atom is -0.490 e. The van der Waals surface area contributed by atoms with Crippen molar-refractivity contribution in [1.82, 2.24) is 0 Å². The number of aliphatic hydroxyl groups is 1. The van der Waals surface area contributed by atoms with Gasteiger partial charge in [-0.3, -0.25) is 10.1 Å². The zero-order valence-corrected chi connectivity index (χ0v) is 13.6. The zero-order chi connectivity index (χ0) is 17.8. The van der Waals surface area contributed by atoms with Crippen LogP contribution in [0.5, 0.6) is 5.75 Å². The third kappa shape index (κ3) is 3.51. The van der Waals surface area contributed by atoms with Crippen molar-refractivity contribution in [2.75, 3.05) is 7.11 Å². The molecule has 0 aromatic heterocycles. The summed E-state index contributed by atoms with van der Waals surface area (Å²) in [6.45, 7) is 0. The molecule has 0 bridgehead atoms. The molecule has 0 heterocycles. The second-order valence-corrected chi connectivity index (χ2v) is 5.58. The Hall–Kier alpha value is -3.18. The molecule has 0 saturated heterocycles. The summed E-state index contributed by atoms with van der Waals surface area (Å²) < 4.78 is 4.99. The normalized spacial score (nSPS) is 11.8. The Morgan fingerprint density at radius 2 is 1.52 bits per heavy atom. The van der Waals surface area contributed by atoms with Gasteiger partial charge in [0.15, 0.2) is 5.75 Å². The second-order valence-electron chi connectivity index (χ2n) is 5.58. The summed E-state index contributed by atoms with van der Waals surface area (Å²) in [5.74, 6) is 0.167. The van der Waals surface area contributed by atoms with E-state index in [1.165, 1.54) is 19.2 Å². The summed E-state index contributed by atoms with van der Waals surface area (Å²) in [5, 5.41) is 21.7. The highest BCUT2D eigenvalue weighted by molar-refractivity contribution is 5.63. The van der Waals surface area contributed by atoms with Gasteiger partial charge in [-0.1, -0.05) is 60.7 Å². The molecule has 5 heteroatoms. The molecule has 3 aromatic rings. The quantitative estimate of drug-likeness (QED) is 0.556. The van der Waals surface area contributed by atoms with Crippen LogP contribution < -0.4 is 4.74 Å². The average Bonchev–Trinajstić information content (AvgIpc) is 2.67. The van der Waals surface area contributed by atoms with Crippen molar-refractivity contribution in [1.29, 1.82) is 0 Å². The molecule has 126 valence electrons. The van der Waals surface area contributed by atoms with Crippen molar-refractivity contribution in [3.05, 3.63) is 94.0 Å². The predicted octanol–water partition coefficient (Wildman–Crippen LogP) is 4.35. The maximum atomic E-state index is 11.1. The first-order valence-electron chi connectivity index (χ1n) is 7.76. The number of ether oxygens (including phenoxy) is 1. The van der Waals surface area contributed by atoms with Crippen molar-refractivity contribution in [2.45, 2.75) is 6.10 Å². The highest BCUT2D eigenvalue weighted by Crippen LogP contribution is 2.32. The standard InChI is InChI=1S/C20H17NO4/c1-25-19-12-11-17(13-18(19)21(23)24)20(22)16-9-7-15(8-10-16)14-5-3-2-4-6-14/h2-13,20,22H,1H3/t20-/m0/s1. The van der Waals surface area contributed by atoms with Crippen molar-refractivity contribution in [2.24, 2.45) is 0 Å². The van der Waals surface area contributed by atoms with Crippen molar-refractivity contribution < 1.29 is 14.8 Å². The lowest BCUT2D eigenvalue weighted by molar-refractivity contribution is -0.385. The number of methoxy groups -OCH3 is 1. The van der Waals surface area contributed by atoms with E-state index in [0.29, 0.717) is 11.1 Å². The highest BCUT2D eigenvalue weighted by Gasteiger charge is 2.19. The second kappa shape index (κ2) is 7.15. The molecule has 3 aromatic carbocycles. The summed E-state index contributed by atoms with van der Waals surface area (Å²) in [7, 11) is 1.38. The lowest BCUT2D eigenvalue weighted by atomic mass is 9.98. The summed E-state index contributed by atoms with van der Waals surface area (Å²) >= 11 is 0. The fraction of sp³-hybridized carbons (Fsp3) is 0.100. The molecule has 0 aliphatic rings. The van der Waals surface area contributed by atoms with Gasteiger partial charge in [0, 0.05) is 6.07 Å². The lowest BCUT2D eigenvalue weighted by Gasteiger charge is -2.13. The molecular weight excluding hydrogens is 318 g/mol. The van der Waals surface area contributed by atoms with E-state index >= 15 is 0 Å². The van der Waals surface area contributed by atoms with Gasteiger partial charge in [0.05, 0.1) is 12.0 Å². The molecule has 0 radical (unpaired) electrons. The van der Waals surface area contributed by atoms with Crippen LogP contribution >= 0.6 is 0 Å². The number of nitro groups is 1. The van der Waals surface area contributed by atoms with Crippen molar-refractivity contribution in [3.8, 4) is 16.9 Å². The Labute approximate surface area is 145 Å². The Balaban J connectivity index is 1.89. The van der Waals surface area contributed by atoms with Crippen LogP contribution in [0.25, 0.3) is 11.1 Å². The predicted molar refractivity (Wildman–Crippen MR) is 95.6 cm³/mol. The van der Waals surface area contributed by atoms with Gasteiger partial charge in [-0.15, -0.1) is 0 Å². The average molecular weight is 335 g/mol. The van der Waals surface area contributed by atoms with E-state index in [9.17, 15) is 15.2 Å². The molecule has 0 saturated carbocycles. The number of nitro benzene ring substituents is 1. The SMILES string of the molecule is COc1ccc([C@@H](O)c2ccc(-c3ccccc3)cc2)cc1[N+](=O)[O-]. The molecule has 1 N–H and O–H groups in total. The van der Waals surface area contributed by atoms with Crippen molar-refractivity contribution in [3.63, 3.8) is 0 Å². The van der Waals surface area contributed by atoms with Crippen LogP contribution in [0.2, 0.25) is 0 Å². The van der Waals surface area contributed by atoms with Crippen LogP contribution in [0.3, 0.4) is 0 Å². The maximum Gasteiger partial charge on any atom is 0.311 e. The summed E-state index contributed by atoms with van der Waals surface area (Å²) in [4.78, 5) is 10.6. The van der Waals surface area contributed by atoms with Crippen LogP contribution in [0.4, 0.5) is 5.69 Å². The van der Waals surface area contributed by atoms with Crippen LogP contribution in [0.15, 0.2) is 72.8 Å². The minimum atomic E-state index is -0.950. The highest BCUT2D eigenvalue weighted by atomic mass is 16.6. The lowest BCUT2D eigenvalue weighted by Crippen LogP contribution is -2.02. The van der Waals surface area contributed by atoms with Crippen molar-refractivity contribution >= 4 is 5.69 Å². The van der Waals surface area contributed by atoms with E-state index in [-0.39, 0.29) is 11.4 Å². The van der Waals surface area contributed by atoms with Gasteiger partial charge in [0.25, 0.3) is 0 Å². The Morgan fingerprint density at radius 1 is 0.920 bits per heavy atom. The van der Waals surface area contributed by atoms with Gasteiger partial charge in [-0.05, 0) is 28.3 Å². The number of nitrogens with zero attached hydrogens (tertiary/aromatic N) is 1. The van der Waals surface area contributed by atoms with E-state index in [1.54, 1.807) is 6.07 Å². The first kappa shape index (κ1) is 16.7. The third-order valence-corrected chi connectivity index (χ3v) is 4.05. The van der Waals surface area contributed by atoms with Gasteiger partial charge in [0.2, 0.25) is 0 Å². The van der Waals surface area contributed by atoms with Crippen LogP contribution in [0, 0.1) is 10.1 Å². The van der Waals surface area contributed by atoms with Crippen LogP contribution in [-0.4, -0.2) is 17.1 Å². The molecular formula is C20H17NO4. The van der Waals surface area contributed by atoms with Gasteiger partial charge < -0.3 is 9.84 Å². The van der Waals surface area contributed by atoms with E-state index in [0.717, 1.165) is 11.1 Å². The van der Waals surface area contributed by atoms with Gasteiger partial charge in [-0.25, -0.2) is 0 Å². The number of benzene rings is 3. The molecule has 0 unspecified atom stereocenters. The molecule has 0 fully saturated rings. The van der Waals surface area contributed by atoms with E-state index < -0.39 is 11.0 Å². The van der Waals surface area contributed by atoms with Gasteiger partial charge in [-0.2, -0.15) is 0 Å². The largest absolute Gasteiger partial charge is 0.490 e. The summed E-state index contributed by atoms with van der Waals surface area (Å²) in [5.41, 5.74) is 3.07. The number of aliphatic hydroxyl groups excluding tert-OH is 1. The zero-order valence-electron chi connectivity index (χ0n) is 13.6. The van der Waals surface area contributed by atoms with Crippen LogP contribution in [-0.2, 0) is 0 Å². The maximum absolute atomic E-state index is 11.1. The molecule has 0 aliphatic carbocycles. The molecule has 25 heavy (non-hydrogen) atoms. The minimum absolute atomic E-state index is 0.167. The molecule has 3 rings (SSSR count). The van der Waals surface area contributed by atoms with E-state index in [4.69, 9.17) is 4.74 Å². The van der Waals surface area contributed by atoms with Crippen LogP contribution in [0.1, 0.15) is 17.2 Å². The molecule has 0 spiro atoms. The van der Waals surface area contributed by atoms with Gasteiger partial charge >= 0.3 is 5.69 Å². The van der Waals surface area contributed by atoms with E-state index in [2.05, 4.69) is 0 Å². The first-order chi connectivity index (χ1) is 12.1. The summed E-state index contributed by atoms with van der Waals surface area (Å²) in [6, 6.07) is 21.9. The number of rotatable bonds is 5. The Bertz CT molecular complexity index is 876. The topological polar surface area (TPSA) is 72.6 Å². The summed E-state index contributed by atoms with van der Waals surface area (Å²) in [6.07, 6.45) is -0.950. The van der Waals surface area contributed by atoms with Gasteiger partial charge in [0.1, 0.15) is 6.10 Å². The molecule has 5 nitrogen and oxygen atoms in total. The molecule has 1 atom stereocenters.